The highest BCUT2D eigenvalue weighted by Crippen LogP contribution is 2.05. The summed E-state index contributed by atoms with van der Waals surface area (Å²) in [4.78, 5) is 22.1. The number of amides is 1. The minimum atomic E-state index is -0.895. The van der Waals surface area contributed by atoms with Crippen LogP contribution in [0.1, 0.15) is 24.5 Å². The molecule has 1 aromatic rings. The fraction of sp³-hybridized carbons (Fsp3) is 0.429. The number of benzene rings is 1. The van der Waals surface area contributed by atoms with Gasteiger partial charge in [-0.3, -0.25) is 9.59 Å². The lowest BCUT2D eigenvalue weighted by Gasteiger charge is -2.08. The van der Waals surface area contributed by atoms with E-state index < -0.39 is 11.9 Å². The molecule has 0 aliphatic heterocycles. The second-order valence-corrected chi connectivity index (χ2v) is 4.53. The van der Waals surface area contributed by atoms with Crippen molar-refractivity contribution in [2.24, 2.45) is 5.92 Å². The molecule has 4 heteroatoms. The second-order valence-electron chi connectivity index (χ2n) is 4.53. The zero-order valence-corrected chi connectivity index (χ0v) is 10.8. The van der Waals surface area contributed by atoms with Gasteiger partial charge < -0.3 is 10.4 Å². The molecule has 0 aliphatic carbocycles. The fourth-order valence-corrected chi connectivity index (χ4v) is 1.46. The van der Waals surface area contributed by atoms with Crippen LogP contribution >= 0.6 is 0 Å². The van der Waals surface area contributed by atoms with Gasteiger partial charge in [-0.25, -0.2) is 0 Å². The molecule has 18 heavy (non-hydrogen) atoms. The van der Waals surface area contributed by atoms with Crippen LogP contribution in [-0.2, 0) is 16.0 Å². The highest BCUT2D eigenvalue weighted by Gasteiger charge is 2.11. The van der Waals surface area contributed by atoms with Crippen LogP contribution in [0.2, 0.25) is 0 Å². The number of hydrogen-bond donors (Lipinski definition) is 2. The topological polar surface area (TPSA) is 66.4 Å². The first-order valence-corrected chi connectivity index (χ1v) is 6.04. The summed E-state index contributed by atoms with van der Waals surface area (Å²) in [5, 5.41) is 11.3. The van der Waals surface area contributed by atoms with Gasteiger partial charge in [0.05, 0.1) is 5.92 Å². The van der Waals surface area contributed by atoms with Crippen molar-refractivity contribution in [3.05, 3.63) is 35.4 Å². The second kappa shape index (κ2) is 6.79. The van der Waals surface area contributed by atoms with Crippen LogP contribution in [-0.4, -0.2) is 23.5 Å². The predicted octanol–water partition coefficient (Wildman–Crippen LogP) is 1.76. The van der Waals surface area contributed by atoms with Gasteiger partial charge in [0, 0.05) is 13.0 Å². The molecular weight excluding hydrogens is 230 g/mol. The van der Waals surface area contributed by atoms with E-state index in [1.54, 1.807) is 6.92 Å². The molecule has 1 amide bonds. The maximum absolute atomic E-state index is 11.5. The van der Waals surface area contributed by atoms with Crippen LogP contribution < -0.4 is 5.32 Å². The molecular formula is C14H19NO3. The molecule has 0 aliphatic rings. The lowest BCUT2D eigenvalue weighted by Crippen LogP contribution is -2.31. The van der Waals surface area contributed by atoms with Gasteiger partial charge in [0.2, 0.25) is 5.91 Å². The monoisotopic (exact) mass is 249 g/mol. The van der Waals surface area contributed by atoms with E-state index in [1.165, 1.54) is 5.56 Å². The Hall–Kier alpha value is -1.84. The fourth-order valence-electron chi connectivity index (χ4n) is 1.46. The molecule has 0 spiro atoms. The van der Waals surface area contributed by atoms with Crippen molar-refractivity contribution in [3.63, 3.8) is 0 Å². The zero-order valence-electron chi connectivity index (χ0n) is 10.8. The highest BCUT2D eigenvalue weighted by atomic mass is 16.4. The summed E-state index contributed by atoms with van der Waals surface area (Å²) in [6.45, 7) is 3.77. The van der Waals surface area contributed by atoms with Crippen molar-refractivity contribution < 1.29 is 14.7 Å². The van der Waals surface area contributed by atoms with Crippen LogP contribution in [0.4, 0.5) is 0 Å². The van der Waals surface area contributed by atoms with Gasteiger partial charge in [-0.05, 0) is 18.9 Å². The van der Waals surface area contributed by atoms with Crippen LogP contribution in [0.3, 0.4) is 0 Å². The Balaban J connectivity index is 2.29. The number of aryl methyl sites for hydroxylation is 2. The third-order valence-corrected chi connectivity index (χ3v) is 2.79. The van der Waals surface area contributed by atoms with E-state index in [9.17, 15) is 9.59 Å². The summed E-state index contributed by atoms with van der Waals surface area (Å²) in [6, 6.07) is 8.03. The average Bonchev–Trinajstić information content (AvgIpc) is 2.35. The number of carboxylic acids is 1. The minimum absolute atomic E-state index is 0.108. The Labute approximate surface area is 107 Å². The van der Waals surface area contributed by atoms with Crippen molar-refractivity contribution in [1.29, 1.82) is 0 Å². The summed E-state index contributed by atoms with van der Waals surface area (Å²) in [6.07, 6.45) is 1.06. The summed E-state index contributed by atoms with van der Waals surface area (Å²) in [5.74, 6) is -1.55. The van der Waals surface area contributed by atoms with Crippen LogP contribution in [0.15, 0.2) is 24.3 Å². The normalized spacial score (nSPS) is 11.9. The molecule has 1 aromatic carbocycles. The standard InChI is InChI=1S/C14H19NO3/c1-10-3-5-12(6-4-10)7-8-13(16)15-9-11(2)14(17)18/h3-6,11H,7-9H2,1-2H3,(H,15,16)(H,17,18). The van der Waals surface area contributed by atoms with E-state index >= 15 is 0 Å². The summed E-state index contributed by atoms with van der Waals surface area (Å²) in [7, 11) is 0. The molecule has 1 atom stereocenters. The maximum atomic E-state index is 11.5. The van der Waals surface area contributed by atoms with Crippen molar-refractivity contribution in [2.75, 3.05) is 6.54 Å². The molecule has 1 rings (SSSR count). The van der Waals surface area contributed by atoms with E-state index in [-0.39, 0.29) is 12.5 Å². The molecule has 0 bridgehead atoms. The summed E-state index contributed by atoms with van der Waals surface area (Å²) < 4.78 is 0. The van der Waals surface area contributed by atoms with Gasteiger partial charge in [0.25, 0.3) is 0 Å². The molecule has 0 radical (unpaired) electrons. The maximum Gasteiger partial charge on any atom is 0.308 e. The van der Waals surface area contributed by atoms with Gasteiger partial charge >= 0.3 is 5.97 Å². The lowest BCUT2D eigenvalue weighted by molar-refractivity contribution is -0.141. The Bertz CT molecular complexity index is 412. The number of nitrogens with one attached hydrogen (secondary N) is 1. The van der Waals surface area contributed by atoms with E-state index in [1.807, 2.05) is 31.2 Å². The Morgan fingerprint density at radius 2 is 1.89 bits per heavy atom. The molecule has 0 saturated heterocycles. The molecule has 2 N–H and O–H groups in total. The molecule has 4 nitrogen and oxygen atoms in total. The average molecular weight is 249 g/mol. The quantitative estimate of drug-likeness (QED) is 0.807. The lowest BCUT2D eigenvalue weighted by atomic mass is 10.1. The number of hydrogen-bond acceptors (Lipinski definition) is 2. The first-order valence-electron chi connectivity index (χ1n) is 6.04. The van der Waals surface area contributed by atoms with Gasteiger partial charge in [-0.2, -0.15) is 0 Å². The molecule has 0 fully saturated rings. The number of carbonyl (C=O) groups excluding carboxylic acids is 1. The van der Waals surface area contributed by atoms with Crippen molar-refractivity contribution in [2.45, 2.75) is 26.7 Å². The molecule has 0 saturated carbocycles. The number of rotatable bonds is 6. The van der Waals surface area contributed by atoms with Crippen LogP contribution in [0, 0.1) is 12.8 Å². The molecule has 0 heterocycles. The molecule has 1 unspecified atom stereocenters. The highest BCUT2D eigenvalue weighted by molar-refractivity contribution is 5.77. The number of carboxylic acid groups (broad SMARTS) is 1. The Morgan fingerprint density at radius 1 is 1.28 bits per heavy atom. The van der Waals surface area contributed by atoms with Gasteiger partial charge in [0.15, 0.2) is 0 Å². The third kappa shape index (κ3) is 4.99. The van der Waals surface area contributed by atoms with Gasteiger partial charge in [-0.15, -0.1) is 0 Å². The zero-order chi connectivity index (χ0) is 13.5. The predicted molar refractivity (Wildman–Crippen MR) is 69.3 cm³/mol. The van der Waals surface area contributed by atoms with E-state index in [2.05, 4.69) is 5.32 Å². The van der Waals surface area contributed by atoms with E-state index in [4.69, 9.17) is 5.11 Å². The molecule has 98 valence electrons. The molecule has 0 aromatic heterocycles. The van der Waals surface area contributed by atoms with Crippen LogP contribution in [0.5, 0.6) is 0 Å². The Morgan fingerprint density at radius 3 is 2.44 bits per heavy atom. The van der Waals surface area contributed by atoms with Crippen molar-refractivity contribution >= 4 is 11.9 Å². The van der Waals surface area contributed by atoms with Crippen molar-refractivity contribution in [1.82, 2.24) is 5.32 Å². The summed E-state index contributed by atoms with van der Waals surface area (Å²) >= 11 is 0. The van der Waals surface area contributed by atoms with Gasteiger partial charge in [0.1, 0.15) is 0 Å². The Kier molecular flexibility index (Phi) is 5.36. The first-order chi connectivity index (χ1) is 8.49. The summed E-state index contributed by atoms with van der Waals surface area (Å²) in [5.41, 5.74) is 2.31. The number of aliphatic carboxylic acids is 1. The number of carbonyl (C=O) groups is 2. The van der Waals surface area contributed by atoms with Gasteiger partial charge in [-0.1, -0.05) is 36.8 Å². The largest absolute Gasteiger partial charge is 0.481 e. The van der Waals surface area contributed by atoms with E-state index in [0.29, 0.717) is 12.8 Å². The third-order valence-electron chi connectivity index (χ3n) is 2.79. The van der Waals surface area contributed by atoms with Crippen LogP contribution in [0.25, 0.3) is 0 Å². The smallest absolute Gasteiger partial charge is 0.308 e. The van der Waals surface area contributed by atoms with E-state index in [0.717, 1.165) is 5.56 Å². The SMILES string of the molecule is Cc1ccc(CCC(=O)NCC(C)C(=O)O)cc1. The minimum Gasteiger partial charge on any atom is -0.481 e. The van der Waals surface area contributed by atoms with Crippen molar-refractivity contribution in [3.8, 4) is 0 Å². The first kappa shape index (κ1) is 14.2.